The van der Waals surface area contributed by atoms with E-state index in [0.717, 1.165) is 0 Å². The lowest BCUT2D eigenvalue weighted by Crippen LogP contribution is -3.00. The molecule has 0 radical (unpaired) electrons. The maximum Gasteiger partial charge on any atom is 0.262 e. The summed E-state index contributed by atoms with van der Waals surface area (Å²) in [5.74, 6) is 0. The molecule has 0 bridgehead atoms. The van der Waals surface area contributed by atoms with Crippen molar-refractivity contribution < 1.29 is 28.5 Å². The number of allylic oxidation sites excluding steroid dienone is 2. The molecule has 3 aromatic rings. The first kappa shape index (κ1) is 19.7. The molecule has 3 rings (SSSR count). The van der Waals surface area contributed by atoms with E-state index in [0.29, 0.717) is 0 Å². The molecule has 130 valence electrons. The number of thiazole rings is 1. The number of halogens is 1. The van der Waals surface area contributed by atoms with Gasteiger partial charge in [0.2, 0.25) is 5.52 Å². The predicted octanol–water partition coefficient (Wildman–Crippen LogP) is 1.83. The van der Waals surface area contributed by atoms with Gasteiger partial charge in [-0.2, -0.15) is 4.57 Å². The summed E-state index contributed by atoms with van der Waals surface area (Å²) in [5, 5.41) is 1.25. The summed E-state index contributed by atoms with van der Waals surface area (Å²) in [6.45, 7) is 2.14. The standard InChI is InChI=1S/C21H23N2S.HI/c1-16-9-14-20-19(15-16)23(4)21(24-20)8-6-5-7-17-10-12-18(13-11-17)22(2)3;/h5-15H,1-4H3;1H/q+1;/p-1. The highest BCUT2D eigenvalue weighted by atomic mass is 127. The van der Waals surface area contributed by atoms with E-state index in [4.69, 9.17) is 0 Å². The summed E-state index contributed by atoms with van der Waals surface area (Å²) in [6.07, 6.45) is 8.51. The minimum atomic E-state index is 0. The van der Waals surface area contributed by atoms with Crippen molar-refractivity contribution in [3.05, 3.63) is 70.8 Å². The Morgan fingerprint density at radius 2 is 1.64 bits per heavy atom. The third-order valence-electron chi connectivity index (χ3n) is 4.07. The van der Waals surface area contributed by atoms with Crippen molar-refractivity contribution >= 4 is 39.4 Å². The lowest BCUT2D eigenvalue weighted by molar-refractivity contribution is -0.642. The number of hydrogen-bond donors (Lipinski definition) is 0. The van der Waals surface area contributed by atoms with Crippen LogP contribution < -0.4 is 33.4 Å². The Hall–Kier alpha value is -1.66. The average Bonchev–Trinajstić information content (AvgIpc) is 2.88. The van der Waals surface area contributed by atoms with Crippen molar-refractivity contribution in [3.63, 3.8) is 0 Å². The van der Waals surface area contributed by atoms with Crippen LogP contribution in [0.15, 0.2) is 54.6 Å². The van der Waals surface area contributed by atoms with E-state index in [1.54, 1.807) is 0 Å². The summed E-state index contributed by atoms with van der Waals surface area (Å²) in [6, 6.07) is 15.2. The second-order valence-electron chi connectivity index (χ2n) is 6.17. The summed E-state index contributed by atoms with van der Waals surface area (Å²) in [5.41, 5.74) is 5.02. The van der Waals surface area contributed by atoms with E-state index in [1.165, 1.54) is 32.0 Å². The number of anilines is 1. The first-order valence-electron chi connectivity index (χ1n) is 8.06. The fraction of sp³-hybridized carbons (Fsp3) is 0.190. The van der Waals surface area contributed by atoms with Gasteiger partial charge in [0, 0.05) is 31.9 Å². The van der Waals surface area contributed by atoms with E-state index in [9.17, 15) is 0 Å². The van der Waals surface area contributed by atoms with E-state index in [2.05, 4.69) is 104 Å². The van der Waals surface area contributed by atoms with E-state index in [1.807, 2.05) is 11.3 Å². The van der Waals surface area contributed by atoms with Crippen LogP contribution in [0.3, 0.4) is 0 Å². The zero-order valence-corrected chi connectivity index (χ0v) is 18.0. The molecule has 0 fully saturated rings. The molecule has 4 heteroatoms. The summed E-state index contributed by atoms with van der Waals surface area (Å²) < 4.78 is 3.58. The van der Waals surface area contributed by atoms with Crippen LogP contribution in [-0.2, 0) is 7.05 Å². The molecule has 0 aliphatic heterocycles. The zero-order valence-electron chi connectivity index (χ0n) is 15.0. The third kappa shape index (κ3) is 4.70. The summed E-state index contributed by atoms with van der Waals surface area (Å²) >= 11 is 1.82. The fourth-order valence-corrected chi connectivity index (χ4v) is 3.65. The second kappa shape index (κ2) is 8.63. The molecule has 0 saturated carbocycles. The number of aromatic nitrogens is 1. The molecule has 0 aliphatic rings. The van der Waals surface area contributed by atoms with Gasteiger partial charge < -0.3 is 28.9 Å². The highest BCUT2D eigenvalue weighted by molar-refractivity contribution is 7.18. The van der Waals surface area contributed by atoms with Gasteiger partial charge in [0.05, 0.1) is 0 Å². The Balaban J connectivity index is 0.00000225. The maximum absolute atomic E-state index is 2.25. The Morgan fingerprint density at radius 1 is 0.960 bits per heavy atom. The molecule has 0 saturated heterocycles. The van der Waals surface area contributed by atoms with Crippen LogP contribution in [0.5, 0.6) is 0 Å². The number of fused-ring (bicyclic) bond motifs is 1. The summed E-state index contributed by atoms with van der Waals surface area (Å²) in [4.78, 5) is 2.11. The number of nitrogens with zero attached hydrogens (tertiary/aromatic N) is 2. The Morgan fingerprint density at radius 3 is 2.32 bits per heavy atom. The molecule has 25 heavy (non-hydrogen) atoms. The Bertz CT molecular complexity index is 906. The molecule has 1 aromatic heterocycles. The minimum Gasteiger partial charge on any atom is -1.00 e. The first-order valence-corrected chi connectivity index (χ1v) is 8.87. The van der Waals surface area contributed by atoms with Gasteiger partial charge in [-0.25, -0.2) is 0 Å². The molecule has 0 N–H and O–H groups in total. The van der Waals surface area contributed by atoms with Crippen molar-refractivity contribution in [2.45, 2.75) is 6.92 Å². The van der Waals surface area contributed by atoms with Crippen LogP contribution in [0, 0.1) is 6.92 Å². The maximum atomic E-state index is 2.25. The van der Waals surface area contributed by atoms with Gasteiger partial charge in [0.15, 0.2) is 0 Å². The second-order valence-corrected chi connectivity index (χ2v) is 7.24. The van der Waals surface area contributed by atoms with E-state index in [-0.39, 0.29) is 24.0 Å². The molecule has 0 atom stereocenters. The van der Waals surface area contributed by atoms with Gasteiger partial charge >= 0.3 is 0 Å². The van der Waals surface area contributed by atoms with Crippen LogP contribution in [0.25, 0.3) is 22.4 Å². The van der Waals surface area contributed by atoms with Crippen molar-refractivity contribution in [1.29, 1.82) is 0 Å². The number of hydrogen-bond acceptors (Lipinski definition) is 2. The lowest BCUT2D eigenvalue weighted by atomic mass is 10.2. The van der Waals surface area contributed by atoms with Gasteiger partial charge in [-0.05, 0) is 36.2 Å². The largest absolute Gasteiger partial charge is 1.00 e. The normalized spacial score (nSPS) is 11.4. The number of aryl methyl sites for hydroxylation is 2. The first-order chi connectivity index (χ1) is 11.5. The van der Waals surface area contributed by atoms with Crippen molar-refractivity contribution in [2.75, 3.05) is 19.0 Å². The van der Waals surface area contributed by atoms with Crippen molar-refractivity contribution in [1.82, 2.24) is 0 Å². The van der Waals surface area contributed by atoms with Crippen LogP contribution >= 0.6 is 11.3 Å². The molecular formula is C21H23IN2S. The Kier molecular flexibility index (Phi) is 6.79. The summed E-state index contributed by atoms with van der Waals surface area (Å²) in [7, 11) is 6.24. The molecule has 0 amide bonds. The average molecular weight is 462 g/mol. The highest BCUT2D eigenvalue weighted by Gasteiger charge is 2.13. The molecule has 0 unspecified atom stereocenters. The highest BCUT2D eigenvalue weighted by Crippen LogP contribution is 2.22. The SMILES string of the molecule is Cc1ccc2sc(/C=C/C=C/c3ccc(N(C)C)cc3)[n+](C)c2c1.[I-]. The quantitative estimate of drug-likeness (QED) is 0.326. The predicted molar refractivity (Wildman–Crippen MR) is 107 cm³/mol. The van der Waals surface area contributed by atoms with Crippen LogP contribution in [0.4, 0.5) is 5.69 Å². The fourth-order valence-electron chi connectivity index (χ4n) is 2.61. The van der Waals surface area contributed by atoms with E-state index >= 15 is 0 Å². The van der Waals surface area contributed by atoms with Crippen LogP contribution in [0.2, 0.25) is 0 Å². The zero-order chi connectivity index (χ0) is 17.1. The molecular weight excluding hydrogens is 439 g/mol. The van der Waals surface area contributed by atoms with E-state index < -0.39 is 0 Å². The molecule has 0 aliphatic carbocycles. The van der Waals surface area contributed by atoms with Gasteiger partial charge in [0.1, 0.15) is 11.7 Å². The lowest BCUT2D eigenvalue weighted by Gasteiger charge is -2.11. The minimum absolute atomic E-state index is 0. The molecule has 2 nitrogen and oxygen atoms in total. The molecule has 2 aromatic carbocycles. The van der Waals surface area contributed by atoms with Gasteiger partial charge in [-0.3, -0.25) is 0 Å². The topological polar surface area (TPSA) is 7.12 Å². The molecule has 0 spiro atoms. The van der Waals surface area contributed by atoms with Crippen LogP contribution in [-0.4, -0.2) is 14.1 Å². The van der Waals surface area contributed by atoms with Gasteiger partial charge in [-0.1, -0.05) is 47.8 Å². The van der Waals surface area contributed by atoms with Crippen molar-refractivity contribution in [2.24, 2.45) is 7.05 Å². The number of benzene rings is 2. The Labute approximate surface area is 171 Å². The van der Waals surface area contributed by atoms with Crippen LogP contribution in [0.1, 0.15) is 16.1 Å². The third-order valence-corrected chi connectivity index (χ3v) is 5.25. The smallest absolute Gasteiger partial charge is 0.262 e. The van der Waals surface area contributed by atoms with Crippen molar-refractivity contribution in [3.8, 4) is 0 Å². The van der Waals surface area contributed by atoms with Gasteiger partial charge in [0.25, 0.3) is 5.01 Å². The molecule has 1 heterocycles. The number of rotatable bonds is 4. The monoisotopic (exact) mass is 462 g/mol. The van der Waals surface area contributed by atoms with Gasteiger partial charge in [-0.15, -0.1) is 0 Å².